The van der Waals surface area contributed by atoms with Gasteiger partial charge in [0, 0.05) is 51.3 Å². The maximum absolute atomic E-state index is 14.2. The number of hydrogen-bond acceptors (Lipinski definition) is 7. The van der Waals surface area contributed by atoms with E-state index in [1.165, 1.54) is 25.3 Å². The number of rotatable bonds is 8. The molecule has 8 nitrogen and oxygen atoms in total. The van der Waals surface area contributed by atoms with Crippen LogP contribution in [0, 0.1) is 12.8 Å². The molecule has 38 heavy (non-hydrogen) atoms. The molecule has 2 aromatic heterocycles. The maximum Gasteiger partial charge on any atom is 0.262 e. The minimum atomic E-state index is -2.76. The number of anilines is 2. The standard InChI is InChI=1S/C27H33F2N5O3S/c1-15(37-5)22-21(14-30-26-23(22)31-16(2)38-26)32-20-8-6-18(7-9-20)24(25(28)29)33(4)27(36)19-10-12-34(13-11-19)17(3)35/h6-9,14-15,19,24-25,32H,10-13H2,1-5H3/t15-,24-/m0/s1. The van der Waals surface area contributed by atoms with Crippen LogP contribution in [0.3, 0.4) is 0 Å². The van der Waals surface area contributed by atoms with Gasteiger partial charge in [-0.1, -0.05) is 23.5 Å². The number of alkyl halides is 2. The summed E-state index contributed by atoms with van der Waals surface area (Å²) in [6.07, 6.45) is -0.325. The number of benzene rings is 1. The number of aromatic nitrogens is 2. The Bertz CT molecular complexity index is 1290. The minimum absolute atomic E-state index is 0.0374. The highest BCUT2D eigenvalue weighted by molar-refractivity contribution is 7.18. The summed E-state index contributed by atoms with van der Waals surface area (Å²) in [6, 6.07) is 5.28. The van der Waals surface area contributed by atoms with Crippen molar-refractivity contribution in [3.63, 3.8) is 0 Å². The lowest BCUT2D eigenvalue weighted by Gasteiger charge is -2.35. The number of carbonyl (C=O) groups is 2. The molecule has 0 radical (unpaired) electrons. The molecule has 2 atom stereocenters. The summed E-state index contributed by atoms with van der Waals surface area (Å²) >= 11 is 1.51. The average molecular weight is 546 g/mol. The van der Waals surface area contributed by atoms with E-state index < -0.39 is 12.5 Å². The van der Waals surface area contributed by atoms with Crippen LogP contribution in [-0.4, -0.2) is 65.3 Å². The lowest BCUT2D eigenvalue weighted by Crippen LogP contribution is -2.44. The molecule has 0 saturated carbocycles. The zero-order chi connectivity index (χ0) is 27.6. The van der Waals surface area contributed by atoms with Crippen molar-refractivity contribution >= 4 is 44.9 Å². The van der Waals surface area contributed by atoms with Crippen molar-refractivity contribution in [2.45, 2.75) is 52.2 Å². The number of nitrogens with zero attached hydrogens (tertiary/aromatic N) is 4. The van der Waals surface area contributed by atoms with Gasteiger partial charge in [0.15, 0.2) is 0 Å². The van der Waals surface area contributed by atoms with E-state index in [1.54, 1.807) is 42.5 Å². The monoisotopic (exact) mass is 545 g/mol. The number of fused-ring (bicyclic) bond motifs is 1. The SMILES string of the molecule is CO[C@@H](C)c1c(Nc2ccc([C@@H](C(F)F)N(C)C(=O)C3CCN(C(C)=O)CC3)cc2)cnc2sc(C)nc12. The van der Waals surface area contributed by atoms with Crippen LogP contribution in [0.4, 0.5) is 20.2 Å². The first-order valence-corrected chi connectivity index (χ1v) is 13.4. The topological polar surface area (TPSA) is 87.7 Å². The van der Waals surface area contributed by atoms with E-state index in [1.807, 2.05) is 13.8 Å². The Morgan fingerprint density at radius 2 is 1.87 bits per heavy atom. The van der Waals surface area contributed by atoms with Crippen LogP contribution in [0.15, 0.2) is 30.5 Å². The lowest BCUT2D eigenvalue weighted by atomic mass is 9.94. The third-order valence-electron chi connectivity index (χ3n) is 7.16. The molecule has 3 aromatic rings. The van der Waals surface area contributed by atoms with Crippen LogP contribution in [-0.2, 0) is 14.3 Å². The molecule has 1 saturated heterocycles. The second-order valence-electron chi connectivity index (χ2n) is 9.61. The van der Waals surface area contributed by atoms with Crippen LogP contribution in [0.1, 0.15) is 55.0 Å². The fourth-order valence-corrected chi connectivity index (χ4v) is 5.73. The number of thiazole rings is 1. The van der Waals surface area contributed by atoms with E-state index in [0.29, 0.717) is 37.2 Å². The number of piperidine rings is 1. The number of pyridine rings is 1. The molecule has 0 bridgehead atoms. The predicted octanol–water partition coefficient (Wildman–Crippen LogP) is 5.47. The molecule has 0 unspecified atom stereocenters. The summed E-state index contributed by atoms with van der Waals surface area (Å²) in [5.41, 5.74) is 3.40. The Morgan fingerprint density at radius 3 is 2.45 bits per heavy atom. The molecule has 1 aromatic carbocycles. The highest BCUT2D eigenvalue weighted by Crippen LogP contribution is 2.36. The molecule has 3 heterocycles. The summed E-state index contributed by atoms with van der Waals surface area (Å²) in [5, 5.41) is 4.23. The first kappa shape index (κ1) is 27.8. The number of halogens is 2. The molecule has 0 aliphatic carbocycles. The van der Waals surface area contributed by atoms with Gasteiger partial charge in [0.25, 0.3) is 6.43 Å². The Labute approximate surface area is 225 Å². The van der Waals surface area contributed by atoms with Crippen molar-refractivity contribution in [3.05, 3.63) is 46.6 Å². The summed E-state index contributed by atoms with van der Waals surface area (Å²) in [4.78, 5) is 37.5. The van der Waals surface area contributed by atoms with E-state index in [2.05, 4.69) is 15.3 Å². The first-order chi connectivity index (χ1) is 18.1. The third-order valence-corrected chi connectivity index (χ3v) is 8.04. The molecule has 204 valence electrons. The molecular weight excluding hydrogens is 512 g/mol. The lowest BCUT2D eigenvalue weighted by molar-refractivity contribution is -0.143. The van der Waals surface area contributed by atoms with Gasteiger partial charge in [-0.3, -0.25) is 9.59 Å². The Morgan fingerprint density at radius 1 is 1.21 bits per heavy atom. The smallest absolute Gasteiger partial charge is 0.262 e. The first-order valence-electron chi connectivity index (χ1n) is 12.6. The fraction of sp³-hybridized carbons (Fsp3) is 0.481. The zero-order valence-electron chi connectivity index (χ0n) is 22.2. The molecule has 11 heteroatoms. The second kappa shape index (κ2) is 11.7. The normalized spacial score (nSPS) is 16.1. The van der Waals surface area contributed by atoms with E-state index in [9.17, 15) is 18.4 Å². The van der Waals surface area contributed by atoms with Crippen molar-refractivity contribution in [1.82, 2.24) is 19.8 Å². The molecule has 1 fully saturated rings. The summed E-state index contributed by atoms with van der Waals surface area (Å²) in [7, 11) is 3.06. The molecule has 2 amide bonds. The third kappa shape index (κ3) is 5.78. The highest BCUT2D eigenvalue weighted by atomic mass is 32.1. The number of ether oxygens (including phenoxy) is 1. The van der Waals surface area contributed by atoms with E-state index >= 15 is 0 Å². The van der Waals surface area contributed by atoms with E-state index in [4.69, 9.17) is 4.74 Å². The summed E-state index contributed by atoms with van der Waals surface area (Å²) in [5.74, 6) is -0.739. The minimum Gasteiger partial charge on any atom is -0.377 e. The Balaban J connectivity index is 1.52. The van der Waals surface area contributed by atoms with Crippen LogP contribution >= 0.6 is 11.3 Å². The van der Waals surface area contributed by atoms with Crippen molar-refractivity contribution in [3.8, 4) is 0 Å². The average Bonchev–Trinajstić information content (AvgIpc) is 3.28. The molecule has 0 spiro atoms. The largest absolute Gasteiger partial charge is 0.377 e. The van der Waals surface area contributed by atoms with Crippen LogP contribution in [0.25, 0.3) is 10.3 Å². The zero-order valence-corrected chi connectivity index (χ0v) is 23.0. The summed E-state index contributed by atoms with van der Waals surface area (Å²) < 4.78 is 34.0. The van der Waals surface area contributed by atoms with E-state index in [0.717, 1.165) is 31.5 Å². The van der Waals surface area contributed by atoms with Crippen molar-refractivity contribution in [2.24, 2.45) is 5.92 Å². The number of hydrogen-bond donors (Lipinski definition) is 1. The van der Waals surface area contributed by atoms with Gasteiger partial charge in [0.05, 0.1) is 23.0 Å². The maximum atomic E-state index is 14.2. The molecule has 1 aliphatic heterocycles. The van der Waals surface area contributed by atoms with Gasteiger partial charge < -0.3 is 19.9 Å². The summed E-state index contributed by atoms with van der Waals surface area (Å²) in [6.45, 7) is 6.28. The van der Waals surface area contributed by atoms with Crippen molar-refractivity contribution < 1.29 is 23.1 Å². The Kier molecular flexibility index (Phi) is 8.57. The van der Waals surface area contributed by atoms with Gasteiger partial charge >= 0.3 is 0 Å². The number of likely N-dealkylation sites (tertiary alicyclic amines) is 1. The highest BCUT2D eigenvalue weighted by Gasteiger charge is 2.35. The second-order valence-corrected chi connectivity index (χ2v) is 10.8. The number of methoxy groups -OCH3 is 1. The van der Waals surface area contributed by atoms with Crippen molar-refractivity contribution in [1.29, 1.82) is 0 Å². The number of carbonyl (C=O) groups excluding carboxylic acids is 2. The van der Waals surface area contributed by atoms with Gasteiger partial charge in [0.1, 0.15) is 16.4 Å². The van der Waals surface area contributed by atoms with Gasteiger partial charge in [-0.25, -0.2) is 18.7 Å². The van der Waals surface area contributed by atoms with Crippen LogP contribution in [0.2, 0.25) is 0 Å². The molecule has 1 aliphatic rings. The number of aryl methyl sites for hydroxylation is 1. The van der Waals surface area contributed by atoms with Gasteiger partial charge in [-0.15, -0.1) is 0 Å². The van der Waals surface area contributed by atoms with Crippen LogP contribution in [0.5, 0.6) is 0 Å². The molecule has 4 rings (SSSR count). The van der Waals surface area contributed by atoms with Gasteiger partial charge in [-0.05, 0) is 44.4 Å². The van der Waals surface area contributed by atoms with Gasteiger partial charge in [0.2, 0.25) is 11.8 Å². The Hall–Kier alpha value is -3.18. The van der Waals surface area contributed by atoms with Gasteiger partial charge in [-0.2, -0.15) is 0 Å². The van der Waals surface area contributed by atoms with E-state index in [-0.39, 0.29) is 23.8 Å². The van der Waals surface area contributed by atoms with Crippen LogP contribution < -0.4 is 5.32 Å². The molecular formula is C27H33F2N5O3S. The quantitative estimate of drug-likeness (QED) is 0.404. The fourth-order valence-electron chi connectivity index (χ4n) is 4.95. The number of amides is 2. The molecule has 1 N–H and O–H groups in total. The number of nitrogens with one attached hydrogen (secondary N) is 1. The van der Waals surface area contributed by atoms with Crippen molar-refractivity contribution in [2.75, 3.05) is 32.6 Å². The predicted molar refractivity (Wildman–Crippen MR) is 144 cm³/mol.